The summed E-state index contributed by atoms with van der Waals surface area (Å²) in [6, 6.07) is 13.8. The van der Waals surface area contributed by atoms with Gasteiger partial charge in [0.05, 0.1) is 11.3 Å². The van der Waals surface area contributed by atoms with E-state index in [1.807, 2.05) is 19.1 Å². The van der Waals surface area contributed by atoms with Crippen LogP contribution in [0.25, 0.3) is 0 Å². The maximum absolute atomic E-state index is 12.4. The van der Waals surface area contributed by atoms with E-state index in [0.29, 0.717) is 11.4 Å². The van der Waals surface area contributed by atoms with Gasteiger partial charge in [-0.1, -0.05) is 37.3 Å². The number of nitrogens with one attached hydrogen (secondary N) is 2. The highest BCUT2D eigenvalue weighted by Gasteiger charge is 2.20. The Hall–Kier alpha value is -2.95. The van der Waals surface area contributed by atoms with E-state index in [-0.39, 0.29) is 11.5 Å². The second-order valence-corrected chi connectivity index (χ2v) is 5.02. The molecular weight excluding hydrogens is 292 g/mol. The van der Waals surface area contributed by atoms with Crippen LogP contribution in [0.5, 0.6) is 0 Å². The molecule has 0 radical (unpaired) electrons. The Labute approximate surface area is 134 Å². The number of carbonyl (C=O) groups is 3. The van der Waals surface area contributed by atoms with Gasteiger partial charge in [-0.3, -0.25) is 14.4 Å². The van der Waals surface area contributed by atoms with Crippen LogP contribution in [0, 0.1) is 0 Å². The molecule has 2 amide bonds. The molecule has 0 aliphatic carbocycles. The van der Waals surface area contributed by atoms with Crippen LogP contribution in [-0.2, 0) is 16.0 Å². The Morgan fingerprint density at radius 3 is 2.13 bits per heavy atom. The zero-order valence-electron chi connectivity index (χ0n) is 13.1. The quantitative estimate of drug-likeness (QED) is 0.658. The Balaban J connectivity index is 2.24. The number of rotatable bonds is 5. The van der Waals surface area contributed by atoms with Crippen LogP contribution in [0.1, 0.15) is 29.8 Å². The van der Waals surface area contributed by atoms with E-state index in [1.165, 1.54) is 13.0 Å². The number of hydrogen-bond acceptors (Lipinski definition) is 3. The molecule has 0 spiro atoms. The predicted octanol–water partition coefficient (Wildman–Crippen LogP) is 3.03. The van der Waals surface area contributed by atoms with Gasteiger partial charge in [0.1, 0.15) is 0 Å². The average molecular weight is 310 g/mol. The molecule has 2 aromatic carbocycles. The molecule has 0 atom stereocenters. The number of para-hydroxylation sites is 2. The van der Waals surface area contributed by atoms with E-state index in [2.05, 4.69) is 10.6 Å². The SMILES string of the molecule is CCc1ccccc1NC(=O)C(=O)c1ccccc1NC(C)=O. The van der Waals surface area contributed by atoms with Gasteiger partial charge >= 0.3 is 0 Å². The van der Waals surface area contributed by atoms with Gasteiger partial charge in [0, 0.05) is 12.6 Å². The third-order valence-electron chi connectivity index (χ3n) is 3.34. The molecule has 0 aliphatic rings. The first kappa shape index (κ1) is 16.4. The van der Waals surface area contributed by atoms with Gasteiger partial charge in [0.15, 0.2) is 0 Å². The molecule has 23 heavy (non-hydrogen) atoms. The number of Topliss-reactive ketones (excluding diaryl/α,β-unsaturated/α-hetero) is 1. The van der Waals surface area contributed by atoms with Crippen LogP contribution in [-0.4, -0.2) is 17.6 Å². The molecule has 0 saturated carbocycles. The van der Waals surface area contributed by atoms with E-state index in [1.54, 1.807) is 30.3 Å². The molecule has 0 aliphatic heterocycles. The number of aryl methyl sites for hydroxylation is 1. The third-order valence-corrected chi connectivity index (χ3v) is 3.34. The smallest absolute Gasteiger partial charge is 0.296 e. The highest BCUT2D eigenvalue weighted by atomic mass is 16.2. The first-order chi connectivity index (χ1) is 11.0. The summed E-state index contributed by atoms with van der Waals surface area (Å²) in [5.74, 6) is -1.73. The second kappa shape index (κ2) is 7.35. The number of anilines is 2. The summed E-state index contributed by atoms with van der Waals surface area (Å²) in [6.45, 7) is 3.32. The largest absolute Gasteiger partial charge is 0.326 e. The highest BCUT2D eigenvalue weighted by Crippen LogP contribution is 2.19. The summed E-state index contributed by atoms with van der Waals surface area (Å²) in [7, 11) is 0. The van der Waals surface area contributed by atoms with Crippen LogP contribution >= 0.6 is 0 Å². The van der Waals surface area contributed by atoms with Crippen molar-refractivity contribution >= 4 is 29.0 Å². The van der Waals surface area contributed by atoms with E-state index in [4.69, 9.17) is 0 Å². The van der Waals surface area contributed by atoms with Crippen LogP contribution in [0.4, 0.5) is 11.4 Å². The monoisotopic (exact) mass is 310 g/mol. The molecule has 2 N–H and O–H groups in total. The number of carbonyl (C=O) groups excluding carboxylic acids is 3. The summed E-state index contributed by atoms with van der Waals surface area (Å²) >= 11 is 0. The molecule has 5 nitrogen and oxygen atoms in total. The van der Waals surface area contributed by atoms with Crippen LogP contribution < -0.4 is 10.6 Å². The molecule has 0 heterocycles. The molecular formula is C18H18N2O3. The molecule has 5 heteroatoms. The summed E-state index contributed by atoms with van der Waals surface area (Å²) in [5, 5.41) is 5.19. The second-order valence-electron chi connectivity index (χ2n) is 5.02. The van der Waals surface area contributed by atoms with E-state index in [9.17, 15) is 14.4 Å². The zero-order chi connectivity index (χ0) is 16.8. The molecule has 0 bridgehead atoms. The van der Waals surface area contributed by atoms with Gasteiger partial charge in [-0.2, -0.15) is 0 Å². The third kappa shape index (κ3) is 4.03. The molecule has 118 valence electrons. The van der Waals surface area contributed by atoms with Gasteiger partial charge in [-0.15, -0.1) is 0 Å². The van der Waals surface area contributed by atoms with Crippen LogP contribution in [0.3, 0.4) is 0 Å². The van der Waals surface area contributed by atoms with E-state index >= 15 is 0 Å². The number of ketones is 1. The molecule has 0 saturated heterocycles. The van der Waals surface area contributed by atoms with Crippen molar-refractivity contribution < 1.29 is 14.4 Å². The number of benzene rings is 2. The fourth-order valence-corrected chi connectivity index (χ4v) is 2.23. The van der Waals surface area contributed by atoms with Gasteiger partial charge in [0.2, 0.25) is 5.91 Å². The zero-order valence-corrected chi connectivity index (χ0v) is 13.1. The number of amides is 2. The lowest BCUT2D eigenvalue weighted by molar-refractivity contribution is -0.114. The van der Waals surface area contributed by atoms with Gasteiger partial charge in [-0.25, -0.2) is 0 Å². The van der Waals surface area contributed by atoms with Crippen LogP contribution in [0.2, 0.25) is 0 Å². The summed E-state index contributed by atoms with van der Waals surface area (Å²) in [4.78, 5) is 35.8. The Morgan fingerprint density at radius 2 is 1.48 bits per heavy atom. The fraction of sp³-hybridized carbons (Fsp3) is 0.167. The lowest BCUT2D eigenvalue weighted by Gasteiger charge is -2.11. The summed E-state index contributed by atoms with van der Waals surface area (Å²) in [6.07, 6.45) is 0.743. The molecule has 0 fully saturated rings. The van der Waals surface area contributed by atoms with Crippen molar-refractivity contribution in [3.63, 3.8) is 0 Å². The van der Waals surface area contributed by atoms with Crippen LogP contribution in [0.15, 0.2) is 48.5 Å². The minimum atomic E-state index is -0.733. The average Bonchev–Trinajstić information content (AvgIpc) is 2.54. The minimum Gasteiger partial charge on any atom is -0.326 e. The molecule has 2 aromatic rings. The topological polar surface area (TPSA) is 75.3 Å². The maximum atomic E-state index is 12.4. The van der Waals surface area contributed by atoms with Crippen molar-refractivity contribution in [3.05, 3.63) is 59.7 Å². The lowest BCUT2D eigenvalue weighted by Crippen LogP contribution is -2.24. The van der Waals surface area contributed by atoms with Crippen molar-refractivity contribution in [2.45, 2.75) is 20.3 Å². The predicted molar refractivity (Wildman–Crippen MR) is 89.5 cm³/mol. The Kier molecular flexibility index (Phi) is 5.25. The molecule has 2 rings (SSSR count). The highest BCUT2D eigenvalue weighted by molar-refractivity contribution is 6.47. The maximum Gasteiger partial charge on any atom is 0.296 e. The number of hydrogen-bond donors (Lipinski definition) is 2. The van der Waals surface area contributed by atoms with Crippen molar-refractivity contribution in [1.82, 2.24) is 0 Å². The van der Waals surface area contributed by atoms with Crippen molar-refractivity contribution in [2.24, 2.45) is 0 Å². The van der Waals surface area contributed by atoms with Crippen molar-refractivity contribution in [2.75, 3.05) is 10.6 Å². The minimum absolute atomic E-state index is 0.161. The van der Waals surface area contributed by atoms with Gasteiger partial charge in [0.25, 0.3) is 11.7 Å². The molecule has 0 aromatic heterocycles. The van der Waals surface area contributed by atoms with Gasteiger partial charge in [-0.05, 0) is 30.2 Å². The fourth-order valence-electron chi connectivity index (χ4n) is 2.23. The van der Waals surface area contributed by atoms with Crippen molar-refractivity contribution in [3.8, 4) is 0 Å². The first-order valence-electron chi connectivity index (χ1n) is 7.33. The van der Waals surface area contributed by atoms with Crippen molar-refractivity contribution in [1.29, 1.82) is 0 Å². The normalized spacial score (nSPS) is 10.0. The first-order valence-corrected chi connectivity index (χ1v) is 7.33. The Bertz CT molecular complexity index is 753. The van der Waals surface area contributed by atoms with E-state index in [0.717, 1.165) is 12.0 Å². The summed E-state index contributed by atoms with van der Waals surface area (Å²) < 4.78 is 0. The van der Waals surface area contributed by atoms with Gasteiger partial charge < -0.3 is 10.6 Å². The lowest BCUT2D eigenvalue weighted by atomic mass is 10.1. The molecule has 0 unspecified atom stereocenters. The van der Waals surface area contributed by atoms with E-state index < -0.39 is 11.7 Å². The summed E-state index contributed by atoms with van der Waals surface area (Å²) in [5.41, 5.74) is 2.05. The standard InChI is InChI=1S/C18H18N2O3/c1-3-13-8-4-6-10-15(13)20-18(23)17(22)14-9-5-7-11-16(14)19-12(2)21/h4-11H,3H2,1-2H3,(H,19,21)(H,20,23). The Morgan fingerprint density at radius 1 is 0.870 bits per heavy atom.